The second kappa shape index (κ2) is 4.63. The van der Waals surface area contributed by atoms with Gasteiger partial charge in [0, 0.05) is 25.0 Å². The van der Waals surface area contributed by atoms with Gasteiger partial charge in [0.2, 0.25) is 0 Å². The molecule has 0 aromatic carbocycles. The van der Waals surface area contributed by atoms with Crippen molar-refractivity contribution in [2.24, 2.45) is 11.7 Å². The molecule has 3 rings (SSSR count). The molecule has 2 heterocycles. The summed E-state index contributed by atoms with van der Waals surface area (Å²) < 4.78 is 5.97. The van der Waals surface area contributed by atoms with Crippen LogP contribution in [0, 0.1) is 12.8 Å². The van der Waals surface area contributed by atoms with Crippen LogP contribution in [-0.2, 0) is 4.74 Å². The Morgan fingerprint density at radius 2 is 2.28 bits per heavy atom. The molecular weight excluding hydrogens is 224 g/mol. The minimum Gasteiger partial charge on any atom is -0.375 e. The van der Waals surface area contributed by atoms with Crippen molar-refractivity contribution in [3.8, 4) is 0 Å². The Balaban J connectivity index is 1.73. The van der Waals surface area contributed by atoms with E-state index >= 15 is 0 Å². The van der Waals surface area contributed by atoms with E-state index in [0.29, 0.717) is 5.92 Å². The molecule has 0 radical (unpaired) electrons. The fourth-order valence-electron chi connectivity index (χ4n) is 3.32. The fourth-order valence-corrected chi connectivity index (χ4v) is 3.32. The van der Waals surface area contributed by atoms with Gasteiger partial charge in [0.05, 0.1) is 5.60 Å². The third-order valence-electron chi connectivity index (χ3n) is 4.58. The summed E-state index contributed by atoms with van der Waals surface area (Å²) in [5, 5.41) is 0. The molecule has 2 aliphatic rings. The summed E-state index contributed by atoms with van der Waals surface area (Å²) in [4.78, 5) is 4.26. The molecule has 0 amide bonds. The molecule has 2 atom stereocenters. The summed E-state index contributed by atoms with van der Waals surface area (Å²) in [6.45, 7) is 2.94. The van der Waals surface area contributed by atoms with Crippen LogP contribution in [0.2, 0.25) is 0 Å². The third-order valence-corrected chi connectivity index (χ3v) is 4.58. The lowest BCUT2D eigenvalue weighted by Gasteiger charge is -2.48. The molecule has 2 fully saturated rings. The van der Waals surface area contributed by atoms with Gasteiger partial charge in [0.1, 0.15) is 0 Å². The van der Waals surface area contributed by atoms with Crippen molar-refractivity contribution in [2.45, 2.75) is 50.7 Å². The Bertz CT molecular complexity index is 428. The van der Waals surface area contributed by atoms with E-state index in [-0.39, 0.29) is 11.6 Å². The molecule has 1 saturated heterocycles. The van der Waals surface area contributed by atoms with Crippen molar-refractivity contribution >= 4 is 0 Å². The van der Waals surface area contributed by atoms with Gasteiger partial charge in [-0.1, -0.05) is 6.07 Å². The second-order valence-corrected chi connectivity index (χ2v) is 5.96. The number of hydrogen-bond donors (Lipinski definition) is 1. The highest BCUT2D eigenvalue weighted by molar-refractivity contribution is 5.21. The van der Waals surface area contributed by atoms with Crippen molar-refractivity contribution < 1.29 is 4.74 Å². The molecule has 1 aliphatic heterocycles. The standard InChI is InChI=1S/C15H22N2O/c1-11-7-13(10-17-9-11)14(16)12-3-6-18-15(8-12)4-2-5-15/h7,9-10,12,14H,2-6,8,16H2,1H3. The number of aromatic nitrogens is 1. The number of ether oxygens (including phenoxy) is 1. The van der Waals surface area contributed by atoms with Crippen LogP contribution in [0.15, 0.2) is 18.5 Å². The smallest absolute Gasteiger partial charge is 0.0686 e. The van der Waals surface area contributed by atoms with Gasteiger partial charge in [-0.05, 0) is 56.1 Å². The Labute approximate surface area is 109 Å². The SMILES string of the molecule is Cc1cncc(C(N)C2CCOC3(CCC3)C2)c1. The largest absolute Gasteiger partial charge is 0.375 e. The van der Waals surface area contributed by atoms with Crippen LogP contribution < -0.4 is 5.73 Å². The van der Waals surface area contributed by atoms with Crippen molar-refractivity contribution in [3.05, 3.63) is 29.6 Å². The lowest BCUT2D eigenvalue weighted by atomic mass is 9.70. The maximum atomic E-state index is 6.44. The summed E-state index contributed by atoms with van der Waals surface area (Å²) in [5.74, 6) is 0.544. The first-order valence-electron chi connectivity index (χ1n) is 7.00. The van der Waals surface area contributed by atoms with E-state index in [4.69, 9.17) is 10.5 Å². The van der Waals surface area contributed by atoms with Crippen LogP contribution in [0.1, 0.15) is 49.3 Å². The fraction of sp³-hybridized carbons (Fsp3) is 0.667. The molecule has 3 nitrogen and oxygen atoms in total. The van der Waals surface area contributed by atoms with Crippen LogP contribution in [0.4, 0.5) is 0 Å². The Hall–Kier alpha value is -0.930. The van der Waals surface area contributed by atoms with Crippen LogP contribution in [-0.4, -0.2) is 17.2 Å². The van der Waals surface area contributed by atoms with E-state index in [2.05, 4.69) is 18.0 Å². The Morgan fingerprint density at radius 3 is 2.94 bits per heavy atom. The van der Waals surface area contributed by atoms with Crippen LogP contribution in [0.5, 0.6) is 0 Å². The summed E-state index contributed by atoms with van der Waals surface area (Å²) in [5.41, 5.74) is 8.99. The van der Waals surface area contributed by atoms with Crippen LogP contribution in [0.25, 0.3) is 0 Å². The molecule has 1 saturated carbocycles. The first-order valence-corrected chi connectivity index (χ1v) is 7.00. The highest BCUT2D eigenvalue weighted by Gasteiger charge is 2.43. The van der Waals surface area contributed by atoms with E-state index < -0.39 is 0 Å². The van der Waals surface area contributed by atoms with E-state index in [0.717, 1.165) is 19.4 Å². The van der Waals surface area contributed by atoms with E-state index in [1.54, 1.807) is 0 Å². The summed E-state index contributed by atoms with van der Waals surface area (Å²) >= 11 is 0. The maximum Gasteiger partial charge on any atom is 0.0686 e. The van der Waals surface area contributed by atoms with Crippen molar-refractivity contribution in [3.63, 3.8) is 0 Å². The van der Waals surface area contributed by atoms with E-state index in [1.807, 2.05) is 12.4 Å². The summed E-state index contributed by atoms with van der Waals surface area (Å²) in [6.07, 6.45) is 9.77. The Morgan fingerprint density at radius 1 is 1.44 bits per heavy atom. The second-order valence-electron chi connectivity index (χ2n) is 5.96. The van der Waals surface area contributed by atoms with Gasteiger partial charge in [-0.2, -0.15) is 0 Å². The number of hydrogen-bond acceptors (Lipinski definition) is 3. The van der Waals surface area contributed by atoms with Gasteiger partial charge in [0.25, 0.3) is 0 Å². The van der Waals surface area contributed by atoms with Crippen LogP contribution >= 0.6 is 0 Å². The molecule has 2 unspecified atom stereocenters. The number of rotatable bonds is 2. The molecule has 1 spiro atoms. The topological polar surface area (TPSA) is 48.1 Å². The number of nitrogens with zero attached hydrogens (tertiary/aromatic N) is 1. The summed E-state index contributed by atoms with van der Waals surface area (Å²) in [6, 6.07) is 2.28. The molecule has 3 heteroatoms. The van der Waals surface area contributed by atoms with E-state index in [1.165, 1.54) is 30.4 Å². The van der Waals surface area contributed by atoms with Gasteiger partial charge < -0.3 is 10.5 Å². The zero-order valence-electron chi connectivity index (χ0n) is 11.1. The zero-order valence-corrected chi connectivity index (χ0v) is 11.1. The average Bonchev–Trinajstić information content (AvgIpc) is 2.36. The van der Waals surface area contributed by atoms with Gasteiger partial charge in [-0.25, -0.2) is 0 Å². The third kappa shape index (κ3) is 2.17. The lowest BCUT2D eigenvalue weighted by Crippen LogP contribution is -2.47. The molecule has 18 heavy (non-hydrogen) atoms. The molecule has 1 aromatic rings. The average molecular weight is 246 g/mol. The van der Waals surface area contributed by atoms with Gasteiger partial charge in [-0.3, -0.25) is 4.98 Å². The van der Waals surface area contributed by atoms with Crippen molar-refractivity contribution in [1.82, 2.24) is 4.98 Å². The minimum atomic E-state index is 0.110. The number of pyridine rings is 1. The number of aryl methyl sites for hydroxylation is 1. The molecule has 98 valence electrons. The highest BCUT2D eigenvalue weighted by Crippen LogP contribution is 2.46. The number of nitrogens with two attached hydrogens (primary N) is 1. The quantitative estimate of drug-likeness (QED) is 0.873. The highest BCUT2D eigenvalue weighted by atomic mass is 16.5. The first-order chi connectivity index (χ1) is 8.69. The molecule has 2 N–H and O–H groups in total. The molecule has 1 aromatic heterocycles. The molecule has 1 aliphatic carbocycles. The monoisotopic (exact) mass is 246 g/mol. The zero-order chi connectivity index (χ0) is 12.6. The van der Waals surface area contributed by atoms with Crippen molar-refractivity contribution in [2.75, 3.05) is 6.61 Å². The predicted octanol–water partition coefficient (Wildman–Crippen LogP) is 2.74. The first kappa shape index (κ1) is 12.1. The normalized spacial score (nSPS) is 27.8. The van der Waals surface area contributed by atoms with E-state index in [9.17, 15) is 0 Å². The van der Waals surface area contributed by atoms with Crippen molar-refractivity contribution in [1.29, 1.82) is 0 Å². The minimum absolute atomic E-state index is 0.110. The van der Waals surface area contributed by atoms with Gasteiger partial charge in [-0.15, -0.1) is 0 Å². The van der Waals surface area contributed by atoms with Gasteiger partial charge >= 0.3 is 0 Å². The molecular formula is C15H22N2O. The Kier molecular flexibility index (Phi) is 3.12. The molecule has 0 bridgehead atoms. The van der Waals surface area contributed by atoms with Crippen LogP contribution in [0.3, 0.4) is 0 Å². The van der Waals surface area contributed by atoms with Gasteiger partial charge in [0.15, 0.2) is 0 Å². The lowest BCUT2D eigenvalue weighted by molar-refractivity contribution is -0.146. The predicted molar refractivity (Wildman–Crippen MR) is 71.2 cm³/mol. The maximum absolute atomic E-state index is 6.44. The summed E-state index contributed by atoms with van der Waals surface area (Å²) in [7, 11) is 0.